The highest BCUT2D eigenvalue weighted by molar-refractivity contribution is 5.92. The standard InChI is InChI=1S/C21H31N3O2/c1-14(2)16-10-9-15(3)13-17(16)20(25)24-19-8-5-4-7-18(19)23(21(24)26)12-6-11-22/h4-5,7-8,14-17H,6,9-13,22H2,1-3H3/t15-,16+,17-/m1/s1. The lowest BCUT2D eigenvalue weighted by molar-refractivity contribution is 0.0633. The molecule has 0 bridgehead atoms. The van der Waals surface area contributed by atoms with E-state index in [-0.39, 0.29) is 17.5 Å². The van der Waals surface area contributed by atoms with Gasteiger partial charge in [0.1, 0.15) is 0 Å². The second-order valence-corrected chi connectivity index (χ2v) is 8.17. The van der Waals surface area contributed by atoms with Crippen molar-refractivity contribution < 1.29 is 4.79 Å². The van der Waals surface area contributed by atoms with Gasteiger partial charge in [-0.3, -0.25) is 9.36 Å². The van der Waals surface area contributed by atoms with Crippen molar-refractivity contribution in [1.82, 2.24) is 9.13 Å². The first-order chi connectivity index (χ1) is 12.5. The number of nitrogens with zero attached hydrogens (tertiary/aromatic N) is 2. The van der Waals surface area contributed by atoms with E-state index in [9.17, 15) is 9.59 Å². The van der Waals surface area contributed by atoms with Gasteiger partial charge in [0.25, 0.3) is 0 Å². The molecular weight excluding hydrogens is 326 g/mol. The molecule has 142 valence electrons. The minimum atomic E-state index is -0.217. The molecule has 1 heterocycles. The van der Waals surface area contributed by atoms with E-state index in [0.29, 0.717) is 30.8 Å². The van der Waals surface area contributed by atoms with E-state index in [4.69, 9.17) is 5.73 Å². The molecule has 1 fully saturated rings. The van der Waals surface area contributed by atoms with E-state index in [2.05, 4.69) is 20.8 Å². The van der Waals surface area contributed by atoms with Gasteiger partial charge in [0.15, 0.2) is 0 Å². The summed E-state index contributed by atoms with van der Waals surface area (Å²) < 4.78 is 3.14. The number of aromatic nitrogens is 2. The highest BCUT2D eigenvalue weighted by Gasteiger charge is 2.37. The summed E-state index contributed by atoms with van der Waals surface area (Å²) >= 11 is 0. The molecule has 1 aromatic carbocycles. The molecule has 2 aromatic rings. The number of carbonyl (C=O) groups excluding carboxylic acids is 1. The lowest BCUT2D eigenvalue weighted by atomic mass is 9.69. The number of benzene rings is 1. The number of aryl methyl sites for hydroxylation is 1. The molecule has 5 heteroatoms. The van der Waals surface area contributed by atoms with E-state index in [1.165, 1.54) is 11.0 Å². The largest absolute Gasteiger partial charge is 0.335 e. The van der Waals surface area contributed by atoms with Crippen LogP contribution in [-0.2, 0) is 6.54 Å². The summed E-state index contributed by atoms with van der Waals surface area (Å²) in [6.45, 7) is 7.66. The van der Waals surface area contributed by atoms with Crippen molar-refractivity contribution in [1.29, 1.82) is 0 Å². The minimum absolute atomic E-state index is 0.0250. The molecule has 0 amide bonds. The zero-order valence-corrected chi connectivity index (χ0v) is 16.1. The summed E-state index contributed by atoms with van der Waals surface area (Å²) in [5, 5.41) is 0. The summed E-state index contributed by atoms with van der Waals surface area (Å²) in [7, 11) is 0. The second-order valence-electron chi connectivity index (χ2n) is 8.17. The van der Waals surface area contributed by atoms with Gasteiger partial charge in [0.2, 0.25) is 5.91 Å². The first-order valence-corrected chi connectivity index (χ1v) is 9.90. The van der Waals surface area contributed by atoms with Crippen molar-refractivity contribution >= 4 is 16.9 Å². The van der Waals surface area contributed by atoms with Gasteiger partial charge in [-0.15, -0.1) is 0 Å². The quantitative estimate of drug-likeness (QED) is 0.890. The van der Waals surface area contributed by atoms with Crippen LogP contribution in [0.3, 0.4) is 0 Å². The average molecular weight is 357 g/mol. The van der Waals surface area contributed by atoms with Crippen LogP contribution in [0.2, 0.25) is 0 Å². The second kappa shape index (κ2) is 7.78. The smallest absolute Gasteiger partial charge is 0.330 e. The molecule has 26 heavy (non-hydrogen) atoms. The Labute approximate surface area is 155 Å². The number of hydrogen-bond donors (Lipinski definition) is 1. The van der Waals surface area contributed by atoms with Crippen LogP contribution < -0.4 is 11.4 Å². The van der Waals surface area contributed by atoms with Crippen molar-refractivity contribution in [3.8, 4) is 0 Å². The number of carbonyl (C=O) groups is 1. The number of para-hydroxylation sites is 2. The van der Waals surface area contributed by atoms with Gasteiger partial charge >= 0.3 is 5.69 Å². The number of hydrogen-bond acceptors (Lipinski definition) is 3. The Hall–Kier alpha value is -1.88. The molecule has 1 aliphatic carbocycles. The van der Waals surface area contributed by atoms with Crippen LogP contribution in [0.1, 0.15) is 51.2 Å². The Bertz CT molecular complexity index is 833. The lowest BCUT2D eigenvalue weighted by Crippen LogP contribution is -2.40. The van der Waals surface area contributed by atoms with E-state index >= 15 is 0 Å². The third-order valence-corrected chi connectivity index (χ3v) is 5.98. The molecule has 0 unspecified atom stereocenters. The molecule has 1 aliphatic rings. The van der Waals surface area contributed by atoms with E-state index in [1.54, 1.807) is 4.57 Å². The number of rotatable bonds is 5. The Morgan fingerprint density at radius 1 is 1.23 bits per heavy atom. The molecule has 0 spiro atoms. The average Bonchev–Trinajstić information content (AvgIpc) is 2.90. The van der Waals surface area contributed by atoms with Gasteiger partial charge in [-0.2, -0.15) is 0 Å². The van der Waals surface area contributed by atoms with Gasteiger partial charge in [0.05, 0.1) is 11.0 Å². The molecule has 0 aliphatic heterocycles. The zero-order valence-electron chi connectivity index (χ0n) is 16.1. The lowest BCUT2D eigenvalue weighted by Gasteiger charge is -2.36. The van der Waals surface area contributed by atoms with Crippen molar-refractivity contribution in [3.63, 3.8) is 0 Å². The van der Waals surface area contributed by atoms with Crippen LogP contribution in [0.4, 0.5) is 0 Å². The fourth-order valence-corrected chi connectivity index (χ4v) is 4.54. The number of nitrogens with two attached hydrogens (primary N) is 1. The molecule has 0 saturated heterocycles. The molecule has 5 nitrogen and oxygen atoms in total. The summed E-state index contributed by atoms with van der Waals surface area (Å²) in [5.74, 6) is 1.21. The monoisotopic (exact) mass is 357 g/mol. The fraction of sp³-hybridized carbons (Fsp3) is 0.619. The normalized spacial score (nSPS) is 23.7. The summed E-state index contributed by atoms with van der Waals surface area (Å²) in [6.07, 6.45) is 3.82. The molecule has 0 radical (unpaired) electrons. The summed E-state index contributed by atoms with van der Waals surface area (Å²) in [6, 6.07) is 7.60. The first-order valence-electron chi connectivity index (χ1n) is 9.90. The summed E-state index contributed by atoms with van der Waals surface area (Å²) in [4.78, 5) is 26.6. The first kappa shape index (κ1) is 18.9. The van der Waals surface area contributed by atoms with Crippen LogP contribution >= 0.6 is 0 Å². The predicted octanol–water partition coefficient (Wildman–Crippen LogP) is 3.50. The molecule has 1 aromatic heterocycles. The van der Waals surface area contributed by atoms with E-state index in [1.807, 2.05) is 24.3 Å². The molecular formula is C21H31N3O2. The van der Waals surface area contributed by atoms with Crippen LogP contribution in [0.5, 0.6) is 0 Å². The van der Waals surface area contributed by atoms with Crippen molar-refractivity contribution in [3.05, 3.63) is 34.7 Å². The molecule has 3 atom stereocenters. The maximum Gasteiger partial charge on any atom is 0.335 e. The zero-order chi connectivity index (χ0) is 18.8. The van der Waals surface area contributed by atoms with Gasteiger partial charge in [-0.05, 0) is 55.7 Å². The van der Waals surface area contributed by atoms with Gasteiger partial charge < -0.3 is 5.73 Å². The third-order valence-electron chi connectivity index (χ3n) is 5.98. The van der Waals surface area contributed by atoms with Gasteiger partial charge in [-0.1, -0.05) is 39.3 Å². The fourth-order valence-electron chi connectivity index (χ4n) is 4.54. The summed E-state index contributed by atoms with van der Waals surface area (Å²) in [5.41, 5.74) is 6.96. The van der Waals surface area contributed by atoms with E-state index < -0.39 is 0 Å². The maximum absolute atomic E-state index is 13.5. The Balaban J connectivity index is 2.07. The maximum atomic E-state index is 13.5. The Morgan fingerprint density at radius 2 is 1.92 bits per heavy atom. The minimum Gasteiger partial charge on any atom is -0.330 e. The van der Waals surface area contributed by atoms with Crippen molar-refractivity contribution in [2.45, 2.75) is 53.0 Å². The highest BCUT2D eigenvalue weighted by Crippen LogP contribution is 2.39. The Kier molecular flexibility index (Phi) is 5.66. The topological polar surface area (TPSA) is 70.0 Å². The highest BCUT2D eigenvalue weighted by atomic mass is 16.2. The van der Waals surface area contributed by atoms with Gasteiger partial charge in [-0.25, -0.2) is 9.36 Å². The van der Waals surface area contributed by atoms with Crippen LogP contribution in [0, 0.1) is 23.7 Å². The van der Waals surface area contributed by atoms with Crippen molar-refractivity contribution in [2.75, 3.05) is 6.54 Å². The SMILES string of the molecule is CC(C)[C@@H]1CC[C@@H](C)C[C@H]1C(=O)n1c(=O)n(CCCN)c2ccccc21. The Morgan fingerprint density at radius 3 is 2.58 bits per heavy atom. The third kappa shape index (κ3) is 3.37. The van der Waals surface area contributed by atoms with Gasteiger partial charge in [0, 0.05) is 12.5 Å². The predicted molar refractivity (Wildman–Crippen MR) is 105 cm³/mol. The van der Waals surface area contributed by atoms with E-state index in [0.717, 1.165) is 30.3 Å². The van der Waals surface area contributed by atoms with Crippen molar-refractivity contribution in [2.24, 2.45) is 29.4 Å². The molecule has 1 saturated carbocycles. The van der Waals surface area contributed by atoms with Crippen LogP contribution in [0.15, 0.2) is 29.1 Å². The molecule has 3 rings (SSSR count). The van der Waals surface area contributed by atoms with Crippen LogP contribution in [-0.4, -0.2) is 21.6 Å². The number of fused-ring (bicyclic) bond motifs is 1. The number of imidazole rings is 1. The van der Waals surface area contributed by atoms with Crippen LogP contribution in [0.25, 0.3) is 11.0 Å². The molecule has 2 N–H and O–H groups in total.